The Morgan fingerprint density at radius 1 is 1.57 bits per heavy atom. The number of halogens is 1. The first-order chi connectivity index (χ1) is 10.9. The van der Waals surface area contributed by atoms with Crippen molar-refractivity contribution in [2.24, 2.45) is 5.18 Å². The van der Waals surface area contributed by atoms with Crippen LogP contribution in [-0.4, -0.2) is 48.4 Å². The Balaban J connectivity index is 2.17. The minimum absolute atomic E-state index is 0.112. The van der Waals surface area contributed by atoms with Crippen LogP contribution in [0.4, 0.5) is 5.82 Å². The first-order valence-corrected chi connectivity index (χ1v) is 7.32. The fraction of sp³-hybridized carbons (Fsp3) is 0.538. The van der Waals surface area contributed by atoms with Gasteiger partial charge >= 0.3 is 0 Å². The summed E-state index contributed by atoms with van der Waals surface area (Å²) in [5.41, 5.74) is 6.83. The normalized spacial score (nSPS) is 30.9. The number of rotatable bonds is 4. The van der Waals surface area contributed by atoms with Crippen LogP contribution < -0.4 is 5.73 Å². The quantitative estimate of drug-likeness (QED) is 0.545. The monoisotopic (exact) mass is 341 g/mol. The van der Waals surface area contributed by atoms with Gasteiger partial charge in [-0.3, -0.25) is 0 Å². The van der Waals surface area contributed by atoms with Gasteiger partial charge in [-0.15, -0.1) is 11.6 Å². The first-order valence-electron chi connectivity index (χ1n) is 6.94. The number of nitrogen functional groups attached to an aromatic ring is 1. The van der Waals surface area contributed by atoms with Gasteiger partial charge in [-0.05, 0) is 6.92 Å². The van der Waals surface area contributed by atoms with E-state index >= 15 is 0 Å². The second kappa shape index (κ2) is 5.68. The summed E-state index contributed by atoms with van der Waals surface area (Å²) in [6.45, 7) is 1.12. The zero-order valence-corrected chi connectivity index (χ0v) is 13.0. The van der Waals surface area contributed by atoms with Crippen molar-refractivity contribution in [1.82, 2.24) is 14.5 Å². The Morgan fingerprint density at radius 3 is 2.91 bits per heavy atom. The average Bonchev–Trinajstić information content (AvgIpc) is 2.97. The number of nitrogens with zero attached hydrogens (tertiary/aromatic N) is 4. The predicted molar refractivity (Wildman–Crippen MR) is 82.7 cm³/mol. The van der Waals surface area contributed by atoms with Gasteiger partial charge in [0.2, 0.25) is 0 Å². The summed E-state index contributed by atoms with van der Waals surface area (Å²) in [4.78, 5) is 17.6. The van der Waals surface area contributed by atoms with E-state index in [1.54, 1.807) is 17.7 Å². The van der Waals surface area contributed by atoms with E-state index in [1.165, 1.54) is 6.33 Å². The zero-order valence-electron chi connectivity index (χ0n) is 12.3. The van der Waals surface area contributed by atoms with Gasteiger partial charge in [-0.1, -0.05) is 5.18 Å². The number of fused-ring (bicyclic) bond motifs is 1. The number of nitrogens with two attached hydrogens (primary N) is 1. The zero-order chi connectivity index (χ0) is 16.8. The standard InChI is InChI=1S/C13H16ClN5O4/c1-13(14)9(21)7(4-20)23-12(13)19-3-6(2-18-22)8-10(15)16-5-17-11(8)19/h3,5,7,9,12,20-21H,2,4H2,1H3,(H2,15,16,17)/t7?,9?,12-,13-/m1/s1. The number of aliphatic hydroxyl groups excluding tert-OH is 2. The van der Waals surface area contributed by atoms with Crippen molar-refractivity contribution in [3.63, 3.8) is 0 Å². The van der Waals surface area contributed by atoms with Gasteiger partial charge in [0.15, 0.2) is 6.23 Å². The lowest BCUT2D eigenvalue weighted by molar-refractivity contribution is -0.0439. The van der Waals surface area contributed by atoms with E-state index in [-0.39, 0.29) is 19.0 Å². The summed E-state index contributed by atoms with van der Waals surface area (Å²) in [6.07, 6.45) is 0.172. The molecule has 10 heteroatoms. The highest BCUT2D eigenvalue weighted by Crippen LogP contribution is 2.45. The Morgan fingerprint density at radius 2 is 2.30 bits per heavy atom. The third-order valence-electron chi connectivity index (χ3n) is 4.10. The topological polar surface area (TPSA) is 136 Å². The van der Waals surface area contributed by atoms with Crippen molar-refractivity contribution in [2.45, 2.75) is 36.8 Å². The molecule has 4 N–H and O–H groups in total. The van der Waals surface area contributed by atoms with Crippen LogP contribution in [0.25, 0.3) is 11.0 Å². The molecule has 0 aromatic carbocycles. The van der Waals surface area contributed by atoms with Gasteiger partial charge in [0.1, 0.15) is 41.4 Å². The molecule has 3 rings (SSSR count). The van der Waals surface area contributed by atoms with Crippen molar-refractivity contribution in [3.8, 4) is 0 Å². The van der Waals surface area contributed by atoms with Gasteiger partial charge in [-0.2, -0.15) is 4.91 Å². The Labute approximate surface area is 136 Å². The predicted octanol–water partition coefficient (Wildman–Crippen LogP) is 0.528. The van der Waals surface area contributed by atoms with E-state index in [2.05, 4.69) is 15.1 Å². The number of aliphatic hydroxyl groups is 2. The second-order valence-electron chi connectivity index (χ2n) is 5.61. The summed E-state index contributed by atoms with van der Waals surface area (Å²) in [6, 6.07) is 0. The maximum atomic E-state index is 10.7. The minimum atomic E-state index is -1.20. The van der Waals surface area contributed by atoms with Crippen LogP contribution in [0, 0.1) is 4.91 Å². The molecule has 3 heterocycles. The van der Waals surface area contributed by atoms with E-state index in [4.69, 9.17) is 22.1 Å². The van der Waals surface area contributed by atoms with Crippen molar-refractivity contribution in [3.05, 3.63) is 23.0 Å². The smallest absolute Gasteiger partial charge is 0.157 e. The number of aromatic nitrogens is 3. The Bertz CT molecular complexity index is 749. The maximum absolute atomic E-state index is 10.7. The number of alkyl halides is 1. The van der Waals surface area contributed by atoms with Gasteiger partial charge in [0.25, 0.3) is 0 Å². The SMILES string of the molecule is C[C@@]1(Cl)C(O)C(CO)O[C@H]1n1cc(CN=O)c2c(N)ncnc21. The van der Waals surface area contributed by atoms with Gasteiger partial charge in [0, 0.05) is 11.8 Å². The molecule has 0 radical (unpaired) electrons. The fourth-order valence-electron chi connectivity index (χ4n) is 2.92. The van der Waals surface area contributed by atoms with Crippen molar-refractivity contribution in [1.29, 1.82) is 0 Å². The Hall–Kier alpha value is -1.81. The molecule has 0 saturated carbocycles. The number of ether oxygens (including phenoxy) is 1. The molecular formula is C13H16ClN5O4. The number of nitroso groups, excluding NO2 is 1. The lowest BCUT2D eigenvalue weighted by Gasteiger charge is -2.26. The molecule has 1 fully saturated rings. The van der Waals surface area contributed by atoms with E-state index in [9.17, 15) is 15.1 Å². The highest BCUT2D eigenvalue weighted by Gasteiger charge is 2.53. The Kier molecular flexibility index (Phi) is 3.96. The molecular weight excluding hydrogens is 326 g/mol. The molecule has 2 aromatic heterocycles. The second-order valence-corrected chi connectivity index (χ2v) is 6.43. The van der Waals surface area contributed by atoms with Crippen LogP contribution >= 0.6 is 11.6 Å². The molecule has 1 saturated heterocycles. The average molecular weight is 342 g/mol. The first kappa shape index (κ1) is 16.1. The van der Waals surface area contributed by atoms with Crippen molar-refractivity contribution >= 4 is 28.5 Å². The number of hydrogen-bond acceptors (Lipinski definition) is 8. The molecule has 9 nitrogen and oxygen atoms in total. The summed E-state index contributed by atoms with van der Waals surface area (Å²) in [5.74, 6) is 0.209. The van der Waals surface area contributed by atoms with E-state index in [0.29, 0.717) is 16.6 Å². The van der Waals surface area contributed by atoms with Gasteiger partial charge in [0.05, 0.1) is 12.0 Å². The molecule has 1 aliphatic heterocycles. The summed E-state index contributed by atoms with van der Waals surface area (Å²) >= 11 is 6.45. The summed E-state index contributed by atoms with van der Waals surface area (Å²) < 4.78 is 7.27. The van der Waals surface area contributed by atoms with E-state index < -0.39 is 23.3 Å². The third-order valence-corrected chi connectivity index (χ3v) is 4.51. The third kappa shape index (κ3) is 2.36. The largest absolute Gasteiger partial charge is 0.394 e. The van der Waals surface area contributed by atoms with E-state index in [0.717, 1.165) is 0 Å². The minimum Gasteiger partial charge on any atom is -0.394 e. The number of hydrogen-bond donors (Lipinski definition) is 3. The van der Waals surface area contributed by atoms with Crippen molar-refractivity contribution < 1.29 is 14.9 Å². The molecule has 1 aliphatic rings. The van der Waals surface area contributed by atoms with Crippen LogP contribution in [0.1, 0.15) is 18.7 Å². The molecule has 124 valence electrons. The van der Waals surface area contributed by atoms with Crippen LogP contribution in [-0.2, 0) is 11.3 Å². The van der Waals surface area contributed by atoms with E-state index in [1.807, 2.05) is 0 Å². The van der Waals surface area contributed by atoms with Gasteiger partial charge in [-0.25, -0.2) is 9.97 Å². The molecule has 0 amide bonds. The highest BCUT2D eigenvalue weighted by molar-refractivity contribution is 6.24. The molecule has 0 spiro atoms. The lowest BCUT2D eigenvalue weighted by atomic mass is 10.0. The summed E-state index contributed by atoms with van der Waals surface area (Å²) in [7, 11) is 0. The van der Waals surface area contributed by atoms with Gasteiger partial charge < -0.3 is 25.3 Å². The lowest BCUT2D eigenvalue weighted by Crippen LogP contribution is -2.39. The maximum Gasteiger partial charge on any atom is 0.157 e. The molecule has 2 unspecified atom stereocenters. The molecule has 4 atom stereocenters. The molecule has 2 aromatic rings. The van der Waals surface area contributed by atoms with Crippen LogP contribution in [0.5, 0.6) is 0 Å². The van der Waals surface area contributed by atoms with Crippen LogP contribution in [0.15, 0.2) is 17.7 Å². The highest BCUT2D eigenvalue weighted by atomic mass is 35.5. The van der Waals surface area contributed by atoms with Crippen molar-refractivity contribution in [2.75, 3.05) is 12.3 Å². The molecule has 0 bridgehead atoms. The molecule has 0 aliphatic carbocycles. The fourth-order valence-corrected chi connectivity index (χ4v) is 3.22. The van der Waals surface area contributed by atoms with Crippen LogP contribution in [0.3, 0.4) is 0 Å². The summed E-state index contributed by atoms with van der Waals surface area (Å²) in [5, 5.41) is 22.9. The number of anilines is 1. The van der Waals surface area contributed by atoms with Crippen LogP contribution in [0.2, 0.25) is 0 Å². The molecule has 23 heavy (non-hydrogen) atoms.